The summed E-state index contributed by atoms with van der Waals surface area (Å²) >= 11 is 3.35. The van der Waals surface area contributed by atoms with Crippen LogP contribution in [0.4, 0.5) is 0 Å². The van der Waals surface area contributed by atoms with Crippen LogP contribution in [-0.4, -0.2) is 30.3 Å². The lowest BCUT2D eigenvalue weighted by Crippen LogP contribution is -1.93. The lowest BCUT2D eigenvalue weighted by molar-refractivity contribution is 0.162. The summed E-state index contributed by atoms with van der Waals surface area (Å²) < 4.78 is 5.05. The fourth-order valence-electron chi connectivity index (χ4n) is 0.930. The molecule has 3 heteroatoms. The SMILES string of the molecule is C#CCO.C#CCOCCCCC.CCCCCBr. The van der Waals surface area contributed by atoms with Crippen LogP contribution in [0.1, 0.15) is 52.4 Å². The second-order valence-electron chi connectivity index (χ2n) is 3.72. The molecule has 0 fully saturated rings. The third-order valence-corrected chi connectivity index (χ3v) is 2.47. The van der Waals surface area contributed by atoms with Crippen molar-refractivity contribution in [3.63, 3.8) is 0 Å². The number of aliphatic hydroxyl groups excluding tert-OH is 1. The fraction of sp³-hybridized carbons (Fsp3) is 0.750. The molecule has 0 saturated carbocycles. The first-order valence-electron chi connectivity index (χ1n) is 6.86. The summed E-state index contributed by atoms with van der Waals surface area (Å²) in [5, 5.41) is 8.81. The molecule has 1 N–H and O–H groups in total. The molecule has 0 spiro atoms. The second kappa shape index (κ2) is 30.5. The van der Waals surface area contributed by atoms with Crippen LogP contribution in [0, 0.1) is 24.7 Å². The zero-order valence-corrected chi connectivity index (χ0v) is 14.0. The second-order valence-corrected chi connectivity index (χ2v) is 4.52. The summed E-state index contributed by atoms with van der Waals surface area (Å²) in [7, 11) is 0. The van der Waals surface area contributed by atoms with Gasteiger partial charge in [-0.05, 0) is 12.8 Å². The summed E-state index contributed by atoms with van der Waals surface area (Å²) in [5.74, 6) is 4.41. The molecule has 0 atom stereocenters. The van der Waals surface area contributed by atoms with Crippen molar-refractivity contribution in [3.8, 4) is 24.7 Å². The van der Waals surface area contributed by atoms with Crippen LogP contribution in [0.25, 0.3) is 0 Å². The van der Waals surface area contributed by atoms with Crippen LogP contribution < -0.4 is 0 Å². The van der Waals surface area contributed by atoms with Gasteiger partial charge >= 0.3 is 0 Å². The number of terminal acetylenes is 2. The van der Waals surface area contributed by atoms with Gasteiger partial charge in [0.05, 0.1) is 0 Å². The van der Waals surface area contributed by atoms with Crippen molar-refractivity contribution in [2.24, 2.45) is 0 Å². The maximum Gasteiger partial charge on any atom is 0.107 e. The molecule has 0 unspecified atom stereocenters. The van der Waals surface area contributed by atoms with E-state index in [0.717, 1.165) is 13.0 Å². The van der Waals surface area contributed by atoms with Gasteiger partial charge < -0.3 is 9.84 Å². The molecule has 0 aromatic heterocycles. The zero-order valence-electron chi connectivity index (χ0n) is 12.5. The Morgan fingerprint density at radius 3 is 1.84 bits per heavy atom. The van der Waals surface area contributed by atoms with Crippen molar-refractivity contribution in [1.29, 1.82) is 0 Å². The van der Waals surface area contributed by atoms with E-state index in [1.807, 2.05) is 5.92 Å². The molecule has 0 aromatic rings. The van der Waals surface area contributed by atoms with E-state index in [1.165, 1.54) is 37.4 Å². The molecule has 2 nitrogen and oxygen atoms in total. The van der Waals surface area contributed by atoms with E-state index in [-0.39, 0.29) is 6.61 Å². The zero-order chi connectivity index (χ0) is 15.2. The molecule has 0 saturated heterocycles. The van der Waals surface area contributed by atoms with Crippen molar-refractivity contribution < 1.29 is 9.84 Å². The minimum absolute atomic E-state index is 0.153. The standard InChI is InChI=1S/C8H14O.C5H11Br.C3H4O/c1-3-5-6-8-9-7-4-2;1-2-3-4-5-6;1-2-3-4/h2H,3,5-8H2,1H3;2-5H2,1H3;1,4H,3H2. The van der Waals surface area contributed by atoms with Crippen LogP contribution in [-0.2, 0) is 4.74 Å². The summed E-state index contributed by atoms with van der Waals surface area (Å²) in [6.07, 6.45) is 17.1. The average molecular weight is 333 g/mol. The van der Waals surface area contributed by atoms with Crippen molar-refractivity contribution in [2.75, 3.05) is 25.2 Å². The van der Waals surface area contributed by atoms with Crippen LogP contribution in [0.5, 0.6) is 0 Å². The summed E-state index contributed by atoms with van der Waals surface area (Å²) in [6, 6.07) is 0. The maximum absolute atomic E-state index is 7.64. The van der Waals surface area contributed by atoms with Crippen molar-refractivity contribution in [1.82, 2.24) is 0 Å². The Labute approximate surface area is 128 Å². The number of rotatable bonds is 8. The Morgan fingerprint density at radius 2 is 1.53 bits per heavy atom. The van der Waals surface area contributed by atoms with Crippen molar-refractivity contribution in [2.45, 2.75) is 52.4 Å². The highest BCUT2D eigenvalue weighted by molar-refractivity contribution is 9.09. The Bertz CT molecular complexity index is 200. The smallest absolute Gasteiger partial charge is 0.107 e. The van der Waals surface area contributed by atoms with Gasteiger partial charge in [0.2, 0.25) is 0 Å². The van der Waals surface area contributed by atoms with Gasteiger partial charge in [-0.25, -0.2) is 0 Å². The molecular formula is C16H29BrO2. The first kappa shape index (κ1) is 23.6. The Hall–Kier alpha value is -0.480. The van der Waals surface area contributed by atoms with E-state index >= 15 is 0 Å². The van der Waals surface area contributed by atoms with E-state index in [4.69, 9.17) is 16.3 Å². The van der Waals surface area contributed by atoms with Gasteiger partial charge in [-0.15, -0.1) is 12.8 Å². The van der Waals surface area contributed by atoms with E-state index in [2.05, 4.69) is 42.1 Å². The topological polar surface area (TPSA) is 29.5 Å². The molecule has 0 bridgehead atoms. The molecule has 0 heterocycles. The van der Waals surface area contributed by atoms with Crippen LogP contribution in [0.2, 0.25) is 0 Å². The molecule has 19 heavy (non-hydrogen) atoms. The highest BCUT2D eigenvalue weighted by atomic mass is 79.9. The van der Waals surface area contributed by atoms with Crippen LogP contribution >= 0.6 is 15.9 Å². The Morgan fingerprint density at radius 1 is 1.00 bits per heavy atom. The molecule has 0 aliphatic carbocycles. The molecule has 0 aliphatic heterocycles. The summed E-state index contributed by atoms with van der Waals surface area (Å²) in [4.78, 5) is 0. The predicted octanol–water partition coefficient (Wildman–Crippen LogP) is 4.01. The molecule has 0 radical (unpaired) electrons. The molecule has 0 aliphatic rings. The average Bonchev–Trinajstić information content (AvgIpc) is 2.46. The minimum atomic E-state index is -0.153. The largest absolute Gasteiger partial charge is 0.384 e. The quantitative estimate of drug-likeness (QED) is 0.413. The number of alkyl halides is 1. The van der Waals surface area contributed by atoms with E-state index in [9.17, 15) is 0 Å². The molecule has 0 rings (SSSR count). The predicted molar refractivity (Wildman–Crippen MR) is 88.4 cm³/mol. The number of ether oxygens (including phenoxy) is 1. The Balaban J connectivity index is -0.000000222. The van der Waals surface area contributed by atoms with Gasteiger partial charge in [0.15, 0.2) is 0 Å². The van der Waals surface area contributed by atoms with Crippen LogP contribution in [0.15, 0.2) is 0 Å². The van der Waals surface area contributed by atoms with Crippen molar-refractivity contribution >= 4 is 15.9 Å². The highest BCUT2D eigenvalue weighted by Gasteiger charge is 1.83. The number of unbranched alkanes of at least 4 members (excludes halogenated alkanes) is 4. The van der Waals surface area contributed by atoms with E-state index in [1.54, 1.807) is 0 Å². The third kappa shape index (κ3) is 46.6. The number of hydrogen-bond donors (Lipinski definition) is 1. The lowest BCUT2D eigenvalue weighted by Gasteiger charge is -1.96. The summed E-state index contributed by atoms with van der Waals surface area (Å²) in [6.45, 7) is 5.51. The number of halogens is 1. The van der Waals surface area contributed by atoms with Gasteiger partial charge in [0, 0.05) is 11.9 Å². The minimum Gasteiger partial charge on any atom is -0.384 e. The van der Waals surface area contributed by atoms with Gasteiger partial charge in [0.1, 0.15) is 13.2 Å². The van der Waals surface area contributed by atoms with Crippen LogP contribution in [0.3, 0.4) is 0 Å². The van der Waals surface area contributed by atoms with E-state index < -0.39 is 0 Å². The van der Waals surface area contributed by atoms with Crippen molar-refractivity contribution in [3.05, 3.63) is 0 Å². The normalized spacial score (nSPS) is 8.11. The van der Waals surface area contributed by atoms with Gasteiger partial charge in [-0.3, -0.25) is 0 Å². The maximum atomic E-state index is 7.64. The lowest BCUT2D eigenvalue weighted by atomic mass is 10.3. The highest BCUT2D eigenvalue weighted by Crippen LogP contribution is 1.95. The molecule has 0 aromatic carbocycles. The molecule has 112 valence electrons. The fourth-order valence-corrected chi connectivity index (χ4v) is 1.33. The first-order valence-corrected chi connectivity index (χ1v) is 7.98. The van der Waals surface area contributed by atoms with Gasteiger partial charge in [-0.2, -0.15) is 0 Å². The monoisotopic (exact) mass is 332 g/mol. The third-order valence-electron chi connectivity index (χ3n) is 1.91. The number of hydrogen-bond acceptors (Lipinski definition) is 2. The van der Waals surface area contributed by atoms with E-state index in [0.29, 0.717) is 6.61 Å². The molecular weight excluding hydrogens is 304 g/mol. The Kier molecular flexibility index (Phi) is 37.9. The van der Waals surface area contributed by atoms with Gasteiger partial charge in [-0.1, -0.05) is 67.3 Å². The first-order chi connectivity index (χ1) is 9.24. The number of aliphatic hydroxyl groups is 1. The summed E-state index contributed by atoms with van der Waals surface area (Å²) in [5.41, 5.74) is 0. The van der Waals surface area contributed by atoms with Gasteiger partial charge in [0.25, 0.3) is 0 Å². The molecule has 0 amide bonds.